The van der Waals surface area contributed by atoms with Gasteiger partial charge < -0.3 is 45.5 Å². The maximum Gasteiger partial charge on any atom is 0.420 e. The van der Waals surface area contributed by atoms with Gasteiger partial charge in [0.1, 0.15) is 82.3 Å². The molecule has 0 saturated heterocycles. The second kappa shape index (κ2) is 34.0. The summed E-state index contributed by atoms with van der Waals surface area (Å²) in [6, 6.07) is 85.4. The van der Waals surface area contributed by atoms with Gasteiger partial charge in [-0.1, -0.05) is 194 Å². The highest BCUT2D eigenvalue weighted by Crippen LogP contribution is 2.44. The molecular formula is C110H60F12O16. The second-order valence-electron chi connectivity index (χ2n) is 32.3. The molecule has 26 rings (SSSR count). The Kier molecular flexibility index (Phi) is 21.5. The summed E-state index contributed by atoms with van der Waals surface area (Å²) in [4.78, 5) is 77.1. The maximum atomic E-state index is 13.2. The van der Waals surface area contributed by atoms with E-state index in [4.69, 9.17) is 45.5 Å². The fourth-order valence-electron chi connectivity index (χ4n) is 17.7. The van der Waals surface area contributed by atoms with E-state index in [0.717, 1.165) is 84.9 Å². The van der Waals surface area contributed by atoms with Crippen LogP contribution in [-0.4, -0.2) is 26.4 Å². The lowest BCUT2D eigenvalue weighted by Crippen LogP contribution is -2.16. The summed E-state index contributed by atoms with van der Waals surface area (Å²) >= 11 is 0. The highest BCUT2D eigenvalue weighted by molar-refractivity contribution is 6.14. The summed E-state index contributed by atoms with van der Waals surface area (Å²) in [7, 11) is 0. The standard InChI is InChI=1S/2C19H12O4.4C18H9F3O2/c20-17-13-6-8-15-19(22-10-9-21-15)18(13)23-14-7-5-11-3-1-2-4-12(11)16(14)17;20-19-13-9-16-17(22-8-7-21-16)10-15(13)23-14-6-5-11-3-1-2-4-12(11)18(14)19;19-18(20,21)13-7-3-6-12-16(22)15-11-5-2-1-4-10(11)8-9-14(15)23-17(12)13;19-18(20,21)12-6-3-7-13-16(12)17(22)15-11-5-2-1-4-10(11)8-9-14(15)23-13;19-18(20,21)11-6-7-13-15(9-11)23-14-8-5-10-3-1-2-4-12(10)16(14)17(13)22;19-18(20,21)11-6-8-14-13(9-11)17(22)16-12-4-2-1-3-10(12)5-7-15(16)23-14/h1-8H,9-10H2;1-6,9-10H,7-8H2;4*1-9H. The van der Waals surface area contributed by atoms with Crippen molar-refractivity contribution in [2.45, 2.75) is 24.7 Å². The van der Waals surface area contributed by atoms with Crippen LogP contribution < -0.4 is 51.5 Å². The average Bonchev–Trinajstić information content (AvgIpc) is 0.753. The topological polar surface area (TPSA) is 218 Å². The van der Waals surface area contributed by atoms with Gasteiger partial charge in [0, 0.05) is 6.07 Å². The van der Waals surface area contributed by atoms with Gasteiger partial charge in [0.05, 0.1) is 86.9 Å². The first-order valence-corrected chi connectivity index (χ1v) is 42.6. The second-order valence-corrected chi connectivity index (χ2v) is 32.3. The predicted octanol–water partition coefficient (Wildman–Crippen LogP) is 28.2. The van der Waals surface area contributed by atoms with Gasteiger partial charge >= 0.3 is 24.7 Å². The molecule has 0 fully saturated rings. The van der Waals surface area contributed by atoms with Crippen molar-refractivity contribution in [1.29, 1.82) is 0 Å². The lowest BCUT2D eigenvalue weighted by atomic mass is 10.0. The van der Waals surface area contributed by atoms with Crippen LogP contribution in [0.3, 0.4) is 0 Å². The molecule has 138 heavy (non-hydrogen) atoms. The Labute approximate surface area is 763 Å². The number of rotatable bonds is 0. The molecule has 2 aliphatic rings. The molecule has 680 valence electrons. The molecule has 0 bridgehead atoms. The van der Waals surface area contributed by atoms with Gasteiger partial charge in [-0.15, -0.1) is 0 Å². The van der Waals surface area contributed by atoms with E-state index in [1.54, 1.807) is 121 Å². The van der Waals surface area contributed by atoms with Gasteiger partial charge in [0.2, 0.25) is 38.3 Å². The minimum absolute atomic E-state index is 0.0463. The van der Waals surface area contributed by atoms with Crippen molar-refractivity contribution in [3.63, 3.8) is 0 Å². The summed E-state index contributed by atoms with van der Waals surface area (Å²) in [6.45, 7) is 1.94. The van der Waals surface area contributed by atoms with Crippen molar-refractivity contribution in [1.82, 2.24) is 0 Å². The highest BCUT2D eigenvalue weighted by atomic mass is 19.4. The summed E-state index contributed by atoms with van der Waals surface area (Å²) in [5.74, 6) is 2.34. The van der Waals surface area contributed by atoms with Crippen molar-refractivity contribution in [3.8, 4) is 23.0 Å². The molecule has 0 unspecified atom stereocenters. The molecule has 18 aromatic carbocycles. The SMILES string of the molecule is O=c1c2c(C(F)(F)F)cccc2oc2ccc3ccccc3c12.O=c1c2cc(C(F)(F)F)ccc2oc2ccc3ccccc3c12.O=c1c2cc3c(cc2oc2ccc4ccccc4c12)OCCO3.O=c1c2ccc(C(F)(F)F)cc2oc2ccc3ccccc3c12.O=c1c2ccc3c(c2oc2ccc4ccccc4c12)OCCO3.O=c1c2cccc(C(F)(F)F)c2oc2ccc3ccccc3c12. The molecular weight excluding hydrogens is 1810 g/mol. The number of hydrogen-bond donors (Lipinski definition) is 0. The fourth-order valence-corrected chi connectivity index (χ4v) is 17.7. The molecule has 24 aromatic rings. The number of para-hydroxylation sites is 1. The smallest absolute Gasteiger partial charge is 0.420 e. The molecule has 0 aliphatic carbocycles. The van der Waals surface area contributed by atoms with E-state index in [1.165, 1.54) is 42.5 Å². The Balaban J connectivity index is 0.0000000987. The number of alkyl halides is 12. The number of ether oxygens (including phenoxy) is 4. The Morgan fingerprint density at radius 2 is 0.493 bits per heavy atom. The first-order valence-electron chi connectivity index (χ1n) is 42.6. The Morgan fingerprint density at radius 1 is 0.188 bits per heavy atom. The monoisotopic (exact) mass is 1860 g/mol. The Morgan fingerprint density at radius 3 is 0.942 bits per heavy atom. The number of hydrogen-bond acceptors (Lipinski definition) is 16. The van der Waals surface area contributed by atoms with Crippen LogP contribution in [-0.2, 0) is 24.7 Å². The van der Waals surface area contributed by atoms with Crippen LogP contribution >= 0.6 is 0 Å². The van der Waals surface area contributed by atoms with Gasteiger partial charge in [0.25, 0.3) is 0 Å². The number of halogens is 12. The normalized spacial score (nSPS) is 12.8. The molecule has 0 N–H and O–H groups in total. The van der Waals surface area contributed by atoms with E-state index in [9.17, 15) is 81.5 Å². The third-order valence-corrected chi connectivity index (χ3v) is 24.0. The van der Waals surface area contributed by atoms with Crippen LogP contribution in [0, 0.1) is 0 Å². The van der Waals surface area contributed by atoms with Crippen LogP contribution in [0.5, 0.6) is 23.0 Å². The minimum atomic E-state index is -4.62. The lowest BCUT2D eigenvalue weighted by Gasteiger charge is -2.19. The van der Waals surface area contributed by atoms with Crippen molar-refractivity contribution in [2.75, 3.05) is 26.4 Å². The van der Waals surface area contributed by atoms with Crippen molar-refractivity contribution < 1.29 is 98.1 Å². The minimum Gasteiger partial charge on any atom is -0.486 e. The van der Waals surface area contributed by atoms with Crippen LogP contribution in [0.1, 0.15) is 22.3 Å². The van der Waals surface area contributed by atoms with Crippen molar-refractivity contribution >= 4 is 196 Å². The molecule has 8 heterocycles. The predicted molar refractivity (Wildman–Crippen MR) is 507 cm³/mol. The van der Waals surface area contributed by atoms with Crippen LogP contribution in [0.4, 0.5) is 52.7 Å². The van der Waals surface area contributed by atoms with Crippen molar-refractivity contribution in [3.05, 3.63) is 399 Å². The van der Waals surface area contributed by atoms with Crippen molar-refractivity contribution in [2.24, 2.45) is 0 Å². The third-order valence-electron chi connectivity index (χ3n) is 24.0. The Bertz CT molecular complexity index is 9480. The van der Waals surface area contributed by atoms with Gasteiger partial charge in [0.15, 0.2) is 28.4 Å². The molecule has 0 saturated carbocycles. The number of benzene rings is 18. The van der Waals surface area contributed by atoms with E-state index in [1.807, 2.05) is 115 Å². The van der Waals surface area contributed by atoms with Gasteiger partial charge in [-0.25, -0.2) is 0 Å². The summed E-state index contributed by atoms with van der Waals surface area (Å²) in [6.07, 6.45) is -18.2. The highest BCUT2D eigenvalue weighted by Gasteiger charge is 2.38. The number of fused-ring (bicyclic) bond motifs is 27. The molecule has 2 aliphatic heterocycles. The first-order chi connectivity index (χ1) is 66.5. The lowest BCUT2D eigenvalue weighted by molar-refractivity contribution is -0.138. The van der Waals surface area contributed by atoms with Gasteiger partial charge in [-0.2, -0.15) is 52.7 Å². The molecule has 0 radical (unpaired) electrons. The quantitative estimate of drug-likeness (QED) is 0.0783. The zero-order valence-electron chi connectivity index (χ0n) is 70.9. The van der Waals surface area contributed by atoms with E-state index in [0.29, 0.717) is 131 Å². The molecule has 0 amide bonds. The molecule has 0 spiro atoms. The fraction of sp³-hybridized carbons (Fsp3) is 0.0727. The van der Waals surface area contributed by atoms with Crippen LogP contribution in [0.15, 0.2) is 371 Å². The van der Waals surface area contributed by atoms with Crippen LogP contribution in [0.25, 0.3) is 196 Å². The molecule has 16 nitrogen and oxygen atoms in total. The molecule has 28 heteroatoms. The zero-order chi connectivity index (χ0) is 95.5. The average molecular weight is 1870 g/mol. The van der Waals surface area contributed by atoms with Crippen LogP contribution in [0.2, 0.25) is 0 Å². The first kappa shape index (κ1) is 87.4. The summed E-state index contributed by atoms with van der Waals surface area (Å²) in [5.41, 5.74) is -2.83. The summed E-state index contributed by atoms with van der Waals surface area (Å²) < 4.78 is 213. The summed E-state index contributed by atoms with van der Waals surface area (Å²) in [5, 5.41) is 12.8. The van der Waals surface area contributed by atoms with E-state index in [-0.39, 0.29) is 71.3 Å². The van der Waals surface area contributed by atoms with Gasteiger partial charge in [-0.05, 0) is 180 Å². The molecule has 0 atom stereocenters. The molecule has 6 aromatic heterocycles. The van der Waals surface area contributed by atoms with E-state index in [2.05, 4.69) is 0 Å². The largest absolute Gasteiger partial charge is 0.486 e. The van der Waals surface area contributed by atoms with E-state index < -0.39 is 74.2 Å². The third kappa shape index (κ3) is 15.7. The Hall–Kier alpha value is -17.3. The zero-order valence-corrected chi connectivity index (χ0v) is 70.9. The van der Waals surface area contributed by atoms with Gasteiger partial charge in [-0.3, -0.25) is 28.8 Å². The maximum absolute atomic E-state index is 13.2. The van der Waals surface area contributed by atoms with E-state index >= 15 is 0 Å².